The van der Waals surface area contributed by atoms with Gasteiger partial charge < -0.3 is 0 Å². The molecule has 2 heteroatoms. The molecule has 4 saturated carbocycles. The fourth-order valence-corrected chi connectivity index (χ4v) is 6.83. The fraction of sp³-hybridized carbons (Fsp3) is 0.895. The minimum atomic E-state index is 0.0470. The predicted octanol–water partition coefficient (Wildman–Crippen LogP) is 4.17. The van der Waals surface area contributed by atoms with E-state index in [2.05, 4.69) is 13.8 Å². The Morgan fingerprint density at radius 2 is 1.76 bits per heavy atom. The number of ketones is 2. The third-order valence-electron chi connectivity index (χ3n) is 8.06. The van der Waals surface area contributed by atoms with Gasteiger partial charge in [-0.25, -0.2) is 0 Å². The van der Waals surface area contributed by atoms with Gasteiger partial charge in [0.1, 0.15) is 11.6 Å². The second-order valence-electron chi connectivity index (χ2n) is 8.93. The molecule has 0 saturated heterocycles. The maximum Gasteiger partial charge on any atom is 0.137 e. The van der Waals surface area contributed by atoms with Crippen molar-refractivity contribution in [3.05, 3.63) is 0 Å². The van der Waals surface area contributed by atoms with E-state index >= 15 is 0 Å². The minimum Gasteiger partial charge on any atom is -0.300 e. The van der Waals surface area contributed by atoms with Crippen LogP contribution in [0.25, 0.3) is 0 Å². The summed E-state index contributed by atoms with van der Waals surface area (Å²) in [5.74, 6) is 2.88. The molecule has 0 N–H and O–H groups in total. The first-order valence-electron chi connectivity index (χ1n) is 8.98. The van der Waals surface area contributed by atoms with Crippen LogP contribution in [-0.4, -0.2) is 11.6 Å². The summed E-state index contributed by atoms with van der Waals surface area (Å²) in [7, 11) is 0. The summed E-state index contributed by atoms with van der Waals surface area (Å²) in [6, 6.07) is 0. The van der Waals surface area contributed by atoms with Gasteiger partial charge in [-0.05, 0) is 60.7 Å². The van der Waals surface area contributed by atoms with Crippen molar-refractivity contribution in [2.24, 2.45) is 34.5 Å². The van der Waals surface area contributed by atoms with E-state index in [4.69, 9.17) is 0 Å². The SMILES string of the molecule is C[C@@]12CCCC1C1CC(=O)[C@H]3CC(=O)CC[C@]3(C)C1CC2. The smallest absolute Gasteiger partial charge is 0.137 e. The molecule has 0 bridgehead atoms. The molecule has 4 rings (SSSR count). The van der Waals surface area contributed by atoms with Crippen molar-refractivity contribution in [2.75, 3.05) is 0 Å². The predicted molar refractivity (Wildman–Crippen MR) is 81.7 cm³/mol. The summed E-state index contributed by atoms with van der Waals surface area (Å²) in [6.45, 7) is 4.82. The molecule has 0 amide bonds. The summed E-state index contributed by atoms with van der Waals surface area (Å²) in [6.07, 6.45) is 9.71. The van der Waals surface area contributed by atoms with Crippen LogP contribution in [0.2, 0.25) is 0 Å². The van der Waals surface area contributed by atoms with E-state index in [0.29, 0.717) is 41.7 Å². The lowest BCUT2D eigenvalue weighted by Crippen LogP contribution is -2.56. The van der Waals surface area contributed by atoms with Crippen molar-refractivity contribution in [3.8, 4) is 0 Å². The molecular weight excluding hydrogens is 260 g/mol. The highest BCUT2D eigenvalue weighted by Crippen LogP contribution is 2.65. The first-order chi connectivity index (χ1) is 9.94. The Hall–Kier alpha value is -0.660. The zero-order chi connectivity index (χ0) is 14.8. The molecule has 4 fully saturated rings. The number of carbonyl (C=O) groups is 2. The van der Waals surface area contributed by atoms with Crippen LogP contribution in [0.3, 0.4) is 0 Å². The normalized spacial score (nSPS) is 53.0. The van der Waals surface area contributed by atoms with Gasteiger partial charge in [0.2, 0.25) is 0 Å². The number of carbonyl (C=O) groups excluding carboxylic acids is 2. The maximum atomic E-state index is 12.8. The minimum absolute atomic E-state index is 0.0470. The van der Waals surface area contributed by atoms with Crippen LogP contribution in [0.4, 0.5) is 0 Å². The molecule has 0 heterocycles. The average molecular weight is 288 g/mol. The Morgan fingerprint density at radius 3 is 2.57 bits per heavy atom. The van der Waals surface area contributed by atoms with Crippen LogP contribution in [0.5, 0.6) is 0 Å². The molecule has 21 heavy (non-hydrogen) atoms. The molecule has 3 unspecified atom stereocenters. The lowest BCUT2D eigenvalue weighted by molar-refractivity contribution is -0.157. The van der Waals surface area contributed by atoms with Gasteiger partial charge in [0, 0.05) is 25.2 Å². The summed E-state index contributed by atoms with van der Waals surface area (Å²) in [4.78, 5) is 24.6. The van der Waals surface area contributed by atoms with E-state index in [-0.39, 0.29) is 11.3 Å². The Labute approximate surface area is 128 Å². The Morgan fingerprint density at radius 1 is 0.952 bits per heavy atom. The highest BCUT2D eigenvalue weighted by molar-refractivity contribution is 5.90. The number of fused-ring (bicyclic) bond motifs is 5. The van der Waals surface area contributed by atoms with Crippen molar-refractivity contribution in [2.45, 2.75) is 71.6 Å². The third-order valence-corrected chi connectivity index (χ3v) is 8.06. The highest BCUT2D eigenvalue weighted by atomic mass is 16.1. The van der Waals surface area contributed by atoms with E-state index < -0.39 is 0 Å². The van der Waals surface area contributed by atoms with Crippen LogP contribution in [0, 0.1) is 34.5 Å². The molecule has 0 spiro atoms. The molecule has 4 aliphatic rings. The van der Waals surface area contributed by atoms with Crippen molar-refractivity contribution < 1.29 is 9.59 Å². The summed E-state index contributed by atoms with van der Waals surface area (Å²) >= 11 is 0. The maximum absolute atomic E-state index is 12.8. The Balaban J connectivity index is 1.70. The van der Waals surface area contributed by atoms with Gasteiger partial charge in [0.05, 0.1) is 0 Å². The molecule has 4 aliphatic carbocycles. The Bertz CT molecular complexity index is 496. The van der Waals surface area contributed by atoms with Crippen molar-refractivity contribution in [1.82, 2.24) is 0 Å². The van der Waals surface area contributed by atoms with Crippen LogP contribution < -0.4 is 0 Å². The van der Waals surface area contributed by atoms with Gasteiger partial charge in [0.15, 0.2) is 0 Å². The van der Waals surface area contributed by atoms with Gasteiger partial charge in [0.25, 0.3) is 0 Å². The molecule has 116 valence electrons. The lowest BCUT2D eigenvalue weighted by Gasteiger charge is -2.58. The standard InChI is InChI=1S/C19H28O2/c1-18-7-3-4-14(18)13-11-17(21)16-10-12(20)5-9-19(16,2)15(13)6-8-18/h13-16H,3-11H2,1-2H3/t13?,14?,15?,16-,18+,19-/m1/s1. The molecular formula is C19H28O2. The first-order valence-corrected chi connectivity index (χ1v) is 8.98. The molecule has 0 aromatic heterocycles. The van der Waals surface area contributed by atoms with E-state index in [1.54, 1.807) is 0 Å². The third kappa shape index (κ3) is 1.83. The monoisotopic (exact) mass is 288 g/mol. The van der Waals surface area contributed by atoms with Crippen LogP contribution in [0.15, 0.2) is 0 Å². The molecule has 0 aliphatic heterocycles. The number of hydrogen-bond acceptors (Lipinski definition) is 2. The van der Waals surface area contributed by atoms with E-state index in [1.807, 2.05) is 0 Å². The quantitative estimate of drug-likeness (QED) is 0.670. The van der Waals surface area contributed by atoms with Crippen molar-refractivity contribution in [1.29, 1.82) is 0 Å². The second-order valence-corrected chi connectivity index (χ2v) is 8.93. The van der Waals surface area contributed by atoms with Crippen molar-refractivity contribution >= 4 is 11.6 Å². The summed E-state index contributed by atoms with van der Waals surface area (Å²) in [5, 5.41) is 0. The number of rotatable bonds is 0. The second kappa shape index (κ2) is 4.43. The zero-order valence-electron chi connectivity index (χ0n) is 13.5. The van der Waals surface area contributed by atoms with Gasteiger partial charge in [-0.15, -0.1) is 0 Å². The summed E-state index contributed by atoms with van der Waals surface area (Å²) in [5.41, 5.74) is 0.632. The average Bonchev–Trinajstić information content (AvgIpc) is 2.83. The Kier molecular flexibility index (Phi) is 2.94. The van der Waals surface area contributed by atoms with E-state index in [1.165, 1.54) is 32.1 Å². The van der Waals surface area contributed by atoms with Gasteiger partial charge in [-0.1, -0.05) is 20.3 Å². The fourth-order valence-electron chi connectivity index (χ4n) is 6.83. The van der Waals surface area contributed by atoms with Gasteiger partial charge >= 0.3 is 0 Å². The number of Topliss-reactive ketones (excluding diaryl/α,β-unsaturated/α-hetero) is 2. The van der Waals surface area contributed by atoms with Crippen LogP contribution in [-0.2, 0) is 9.59 Å². The zero-order valence-corrected chi connectivity index (χ0v) is 13.5. The molecule has 0 aromatic rings. The highest BCUT2D eigenvalue weighted by Gasteiger charge is 2.60. The topological polar surface area (TPSA) is 34.1 Å². The molecule has 0 aromatic carbocycles. The van der Waals surface area contributed by atoms with E-state index in [0.717, 1.165) is 18.8 Å². The van der Waals surface area contributed by atoms with Gasteiger partial charge in [-0.2, -0.15) is 0 Å². The van der Waals surface area contributed by atoms with Crippen LogP contribution in [0.1, 0.15) is 71.6 Å². The van der Waals surface area contributed by atoms with Crippen molar-refractivity contribution in [3.63, 3.8) is 0 Å². The number of hydrogen-bond donors (Lipinski definition) is 0. The molecule has 2 nitrogen and oxygen atoms in total. The molecule has 6 atom stereocenters. The van der Waals surface area contributed by atoms with E-state index in [9.17, 15) is 9.59 Å². The lowest BCUT2D eigenvalue weighted by atomic mass is 9.45. The van der Waals surface area contributed by atoms with Gasteiger partial charge in [-0.3, -0.25) is 9.59 Å². The first kappa shape index (κ1) is 14.0. The molecule has 0 radical (unpaired) electrons. The van der Waals surface area contributed by atoms with Crippen LogP contribution >= 0.6 is 0 Å². The summed E-state index contributed by atoms with van der Waals surface area (Å²) < 4.78 is 0. The largest absolute Gasteiger partial charge is 0.300 e.